The largest absolute Gasteiger partial charge is 0.309 e. The molecular formula is C52H34N4. The van der Waals surface area contributed by atoms with Gasteiger partial charge in [0.15, 0.2) is 5.82 Å². The number of hydrogen-bond donors (Lipinski definition) is 0. The first-order valence-corrected chi connectivity index (χ1v) is 19.0. The normalized spacial score (nSPS) is 11.6. The molecule has 56 heavy (non-hydrogen) atoms. The second kappa shape index (κ2) is 13.1. The van der Waals surface area contributed by atoms with Crippen LogP contribution in [0.4, 0.5) is 0 Å². The van der Waals surface area contributed by atoms with Crippen LogP contribution in [0.5, 0.6) is 0 Å². The van der Waals surface area contributed by atoms with Crippen LogP contribution in [0.2, 0.25) is 0 Å². The molecule has 0 saturated carbocycles. The summed E-state index contributed by atoms with van der Waals surface area (Å²) in [6.45, 7) is 0. The van der Waals surface area contributed by atoms with E-state index in [0.29, 0.717) is 5.82 Å². The molecule has 0 saturated heterocycles. The second-order valence-electron chi connectivity index (χ2n) is 14.2. The van der Waals surface area contributed by atoms with Gasteiger partial charge in [0, 0.05) is 44.4 Å². The maximum atomic E-state index is 5.36. The van der Waals surface area contributed by atoms with E-state index >= 15 is 0 Å². The third kappa shape index (κ3) is 5.23. The molecule has 0 radical (unpaired) electrons. The van der Waals surface area contributed by atoms with Crippen LogP contribution in [0, 0.1) is 0 Å². The fraction of sp³-hybridized carbons (Fsp3) is 0. The highest BCUT2D eigenvalue weighted by Crippen LogP contribution is 2.43. The molecule has 0 amide bonds. The summed E-state index contributed by atoms with van der Waals surface area (Å²) < 4.78 is 4.80. The van der Waals surface area contributed by atoms with E-state index in [1.807, 2.05) is 24.3 Å². The lowest BCUT2D eigenvalue weighted by Gasteiger charge is -2.14. The number of hydrogen-bond acceptors (Lipinski definition) is 2. The highest BCUT2D eigenvalue weighted by molar-refractivity contribution is 6.26. The minimum absolute atomic E-state index is 0.689. The number of benzene rings is 8. The maximum absolute atomic E-state index is 5.36. The molecule has 3 heterocycles. The van der Waals surface area contributed by atoms with Gasteiger partial charge in [0.2, 0.25) is 0 Å². The van der Waals surface area contributed by atoms with Crippen molar-refractivity contribution in [2.75, 3.05) is 0 Å². The van der Waals surface area contributed by atoms with E-state index in [1.165, 1.54) is 43.8 Å². The summed E-state index contributed by atoms with van der Waals surface area (Å²) in [5.74, 6) is 1.51. The van der Waals surface area contributed by atoms with Crippen LogP contribution in [0.1, 0.15) is 0 Å². The second-order valence-corrected chi connectivity index (χ2v) is 14.2. The zero-order valence-corrected chi connectivity index (χ0v) is 30.4. The first-order chi connectivity index (χ1) is 27.8. The summed E-state index contributed by atoms with van der Waals surface area (Å²) in [6.07, 6.45) is 0. The van der Waals surface area contributed by atoms with Crippen LogP contribution in [0.3, 0.4) is 0 Å². The van der Waals surface area contributed by atoms with Gasteiger partial charge in [-0.05, 0) is 58.7 Å². The molecule has 3 aromatic heterocycles. The Balaban J connectivity index is 1.25. The van der Waals surface area contributed by atoms with Crippen LogP contribution in [0.15, 0.2) is 206 Å². The lowest BCUT2D eigenvalue weighted by atomic mass is 9.98. The number of nitrogens with zero attached hydrogens (tertiary/aromatic N) is 4. The van der Waals surface area contributed by atoms with Crippen LogP contribution in [0.25, 0.3) is 100 Å². The van der Waals surface area contributed by atoms with E-state index < -0.39 is 0 Å². The molecule has 0 aliphatic heterocycles. The summed E-state index contributed by atoms with van der Waals surface area (Å²) in [5, 5.41) is 4.73. The Morgan fingerprint density at radius 2 is 0.839 bits per heavy atom. The zero-order valence-electron chi connectivity index (χ0n) is 30.4. The highest BCUT2D eigenvalue weighted by atomic mass is 15.1. The molecule has 0 N–H and O–H groups in total. The molecular weight excluding hydrogens is 681 g/mol. The van der Waals surface area contributed by atoms with Gasteiger partial charge < -0.3 is 4.57 Å². The summed E-state index contributed by atoms with van der Waals surface area (Å²) in [4.78, 5) is 10.5. The lowest BCUT2D eigenvalue weighted by molar-refractivity contribution is 1.05. The number of aromatic nitrogens is 4. The molecule has 262 valence electrons. The van der Waals surface area contributed by atoms with E-state index in [0.717, 1.165) is 50.4 Å². The monoisotopic (exact) mass is 714 g/mol. The number of fused-ring (bicyclic) bond motifs is 7. The van der Waals surface area contributed by atoms with E-state index in [2.05, 4.69) is 191 Å². The predicted octanol–water partition coefficient (Wildman–Crippen LogP) is 13.3. The number of rotatable bonds is 6. The Bertz CT molecular complexity index is 3100. The van der Waals surface area contributed by atoms with Gasteiger partial charge in [-0.1, -0.05) is 164 Å². The summed E-state index contributed by atoms with van der Waals surface area (Å²) in [7, 11) is 0. The van der Waals surface area contributed by atoms with Crippen LogP contribution < -0.4 is 0 Å². The highest BCUT2D eigenvalue weighted by Gasteiger charge is 2.23. The summed E-state index contributed by atoms with van der Waals surface area (Å²) in [6, 6.07) is 73.2. The Hall–Kier alpha value is -7.56. The molecule has 4 heteroatoms. The van der Waals surface area contributed by atoms with Crippen molar-refractivity contribution in [1.29, 1.82) is 0 Å². The first-order valence-electron chi connectivity index (χ1n) is 19.0. The van der Waals surface area contributed by atoms with Crippen molar-refractivity contribution in [3.8, 4) is 56.4 Å². The molecule has 4 nitrogen and oxygen atoms in total. The van der Waals surface area contributed by atoms with Gasteiger partial charge in [-0.3, -0.25) is 4.57 Å². The minimum atomic E-state index is 0.689. The fourth-order valence-electron chi connectivity index (χ4n) is 8.38. The van der Waals surface area contributed by atoms with Gasteiger partial charge in [0.1, 0.15) is 5.82 Å². The average Bonchev–Trinajstić information content (AvgIpc) is 3.80. The van der Waals surface area contributed by atoms with E-state index in [-0.39, 0.29) is 0 Å². The van der Waals surface area contributed by atoms with Crippen LogP contribution in [-0.4, -0.2) is 19.1 Å². The first kappa shape index (κ1) is 31.9. The topological polar surface area (TPSA) is 35.6 Å². The molecule has 0 bridgehead atoms. The Morgan fingerprint density at radius 1 is 0.321 bits per heavy atom. The van der Waals surface area contributed by atoms with Gasteiger partial charge in [0.25, 0.3) is 0 Å². The molecule has 8 aromatic carbocycles. The molecule has 11 aromatic rings. The van der Waals surface area contributed by atoms with E-state index in [1.54, 1.807) is 0 Å². The molecule has 0 atom stereocenters. The predicted molar refractivity (Wildman–Crippen MR) is 232 cm³/mol. The quantitative estimate of drug-likeness (QED) is 0.172. The Kier molecular flexibility index (Phi) is 7.46. The van der Waals surface area contributed by atoms with Crippen LogP contribution >= 0.6 is 0 Å². The molecule has 0 spiro atoms. The van der Waals surface area contributed by atoms with Crippen molar-refractivity contribution in [2.45, 2.75) is 0 Å². The minimum Gasteiger partial charge on any atom is -0.309 e. The van der Waals surface area contributed by atoms with E-state index in [4.69, 9.17) is 9.97 Å². The zero-order chi connectivity index (χ0) is 37.0. The molecule has 0 aliphatic carbocycles. The van der Waals surface area contributed by atoms with E-state index in [9.17, 15) is 0 Å². The average molecular weight is 715 g/mol. The van der Waals surface area contributed by atoms with Gasteiger partial charge in [-0.2, -0.15) is 0 Å². The molecule has 0 aliphatic rings. The Labute approximate surface area is 324 Å². The molecule has 11 rings (SSSR count). The summed E-state index contributed by atoms with van der Waals surface area (Å²) >= 11 is 0. The Morgan fingerprint density at radius 3 is 1.46 bits per heavy atom. The maximum Gasteiger partial charge on any atom is 0.162 e. The molecule has 0 fully saturated rings. The van der Waals surface area contributed by atoms with Crippen molar-refractivity contribution >= 4 is 43.6 Å². The van der Waals surface area contributed by atoms with Gasteiger partial charge in [-0.15, -0.1) is 0 Å². The molecule has 0 unspecified atom stereocenters. The SMILES string of the molecule is c1ccc(-c2cc(-c3ccccc3)cc(-n3c4ccccc4c4c3ccc3c5ccccc5n(-c5cc(-c6ccccc6)nc(-c6ccccc6)n5)c34)c2)cc1. The third-order valence-electron chi connectivity index (χ3n) is 10.9. The van der Waals surface area contributed by atoms with Gasteiger partial charge in [-0.25, -0.2) is 9.97 Å². The van der Waals surface area contributed by atoms with Crippen molar-refractivity contribution < 1.29 is 0 Å². The standard InChI is InChI=1S/C52H34N4/c1-5-17-35(18-6-1)39-31-40(36-19-7-2-8-20-36)33-41(32-39)55-47-28-16-14-26-44(47)50-48(55)30-29-43-42-25-13-15-27-46(42)56(51(43)50)49-34-45(37-21-9-3-10-22-37)53-52(54-49)38-23-11-4-12-24-38/h1-34H. The van der Waals surface area contributed by atoms with Gasteiger partial charge in [0.05, 0.1) is 27.8 Å². The third-order valence-corrected chi connectivity index (χ3v) is 10.9. The fourth-order valence-corrected chi connectivity index (χ4v) is 8.38. The van der Waals surface area contributed by atoms with Crippen molar-refractivity contribution in [1.82, 2.24) is 19.1 Å². The smallest absolute Gasteiger partial charge is 0.162 e. The van der Waals surface area contributed by atoms with Crippen molar-refractivity contribution in [3.63, 3.8) is 0 Å². The number of para-hydroxylation sites is 2. The van der Waals surface area contributed by atoms with Crippen LogP contribution in [-0.2, 0) is 0 Å². The van der Waals surface area contributed by atoms with Crippen molar-refractivity contribution in [2.24, 2.45) is 0 Å². The van der Waals surface area contributed by atoms with Gasteiger partial charge >= 0.3 is 0 Å². The van der Waals surface area contributed by atoms with Crippen molar-refractivity contribution in [3.05, 3.63) is 206 Å². The lowest BCUT2D eigenvalue weighted by Crippen LogP contribution is -2.02. The summed E-state index contributed by atoms with van der Waals surface area (Å²) in [5.41, 5.74) is 13.2.